The summed E-state index contributed by atoms with van der Waals surface area (Å²) < 4.78 is 4.92. The van der Waals surface area contributed by atoms with E-state index in [1.165, 1.54) is 0 Å². The van der Waals surface area contributed by atoms with Gasteiger partial charge in [-0.25, -0.2) is 4.79 Å². The number of hydrogen-bond donors (Lipinski definition) is 2. The molecule has 4 amide bonds. The molecule has 1 aliphatic heterocycles. The third kappa shape index (κ3) is 5.13. The molecule has 2 N–H and O–H groups in total. The number of nitrogens with zero attached hydrogens (tertiary/aromatic N) is 1. The zero-order chi connectivity index (χ0) is 21.8. The fraction of sp³-hybridized carbons (Fsp3) is 0.524. The van der Waals surface area contributed by atoms with Crippen LogP contribution in [0.3, 0.4) is 0 Å². The maximum absolute atomic E-state index is 12.5. The van der Waals surface area contributed by atoms with E-state index in [1.54, 1.807) is 26.0 Å². The van der Waals surface area contributed by atoms with Crippen LogP contribution in [-0.2, 0) is 24.5 Å². The third-order valence-corrected chi connectivity index (χ3v) is 5.14. The molecule has 0 atom stereocenters. The molecule has 0 radical (unpaired) electrons. The van der Waals surface area contributed by atoms with Crippen molar-refractivity contribution in [1.29, 1.82) is 0 Å². The average Bonchev–Trinajstić information content (AvgIpc) is 2.90. The molecule has 0 aliphatic carbocycles. The summed E-state index contributed by atoms with van der Waals surface area (Å²) in [5.41, 5.74) is 0.743. The molecule has 158 valence electrons. The van der Waals surface area contributed by atoms with Crippen LogP contribution in [0.2, 0.25) is 0 Å². The monoisotopic (exact) mass is 403 g/mol. The molecule has 1 aromatic rings. The van der Waals surface area contributed by atoms with Crippen LogP contribution in [0.15, 0.2) is 24.3 Å². The largest absolute Gasteiger partial charge is 0.454 e. The number of esters is 1. The molecule has 0 bridgehead atoms. The lowest BCUT2D eigenvalue weighted by atomic mass is 9.87. The zero-order valence-electron chi connectivity index (χ0n) is 17.6. The quantitative estimate of drug-likeness (QED) is 0.538. The number of carbonyl (C=O) groups is 4. The predicted octanol–water partition coefficient (Wildman–Crippen LogP) is 2.58. The number of imide groups is 1. The molecular formula is C21H29N3O5. The summed E-state index contributed by atoms with van der Waals surface area (Å²) in [4.78, 5) is 49.4. The first-order valence-corrected chi connectivity index (χ1v) is 9.72. The van der Waals surface area contributed by atoms with Gasteiger partial charge in [0.2, 0.25) is 0 Å². The number of rotatable bonds is 7. The van der Waals surface area contributed by atoms with Crippen molar-refractivity contribution in [2.75, 3.05) is 18.5 Å². The van der Waals surface area contributed by atoms with Gasteiger partial charge in [0.25, 0.3) is 11.8 Å². The fourth-order valence-corrected chi connectivity index (χ4v) is 3.12. The number of amides is 4. The summed E-state index contributed by atoms with van der Waals surface area (Å²) in [5.74, 6) is -1.78. The van der Waals surface area contributed by atoms with Crippen molar-refractivity contribution in [3.63, 3.8) is 0 Å². The van der Waals surface area contributed by atoms with Gasteiger partial charge in [-0.1, -0.05) is 46.8 Å². The van der Waals surface area contributed by atoms with E-state index in [2.05, 4.69) is 31.4 Å². The van der Waals surface area contributed by atoms with Gasteiger partial charge in [0.1, 0.15) is 12.1 Å². The van der Waals surface area contributed by atoms with Crippen molar-refractivity contribution in [3.05, 3.63) is 29.8 Å². The Bertz CT molecular complexity index is 792. The van der Waals surface area contributed by atoms with Gasteiger partial charge >= 0.3 is 12.0 Å². The highest BCUT2D eigenvalue weighted by molar-refractivity contribution is 6.08. The molecule has 0 unspecified atom stereocenters. The lowest BCUT2D eigenvalue weighted by molar-refractivity contribution is -0.150. The first-order chi connectivity index (χ1) is 13.5. The van der Waals surface area contributed by atoms with Crippen LogP contribution >= 0.6 is 0 Å². The average molecular weight is 403 g/mol. The third-order valence-electron chi connectivity index (χ3n) is 5.14. The number of anilines is 1. The normalized spacial score (nSPS) is 15.8. The number of nitrogens with one attached hydrogen (secondary N) is 2. The van der Waals surface area contributed by atoms with Crippen LogP contribution in [0.25, 0.3) is 0 Å². The Balaban J connectivity index is 1.85. The first kappa shape index (κ1) is 22.4. The minimum absolute atomic E-state index is 0.00447. The Hall–Kier alpha value is -2.90. The first-order valence-electron chi connectivity index (χ1n) is 9.72. The smallest absolute Gasteiger partial charge is 0.326 e. The number of benzene rings is 1. The van der Waals surface area contributed by atoms with Crippen molar-refractivity contribution < 1.29 is 23.9 Å². The lowest BCUT2D eigenvalue weighted by Crippen LogP contribution is -2.46. The second kappa shape index (κ2) is 8.63. The molecule has 8 nitrogen and oxygen atoms in total. The van der Waals surface area contributed by atoms with Gasteiger partial charge in [0, 0.05) is 5.69 Å². The van der Waals surface area contributed by atoms with Crippen LogP contribution in [0.5, 0.6) is 0 Å². The summed E-state index contributed by atoms with van der Waals surface area (Å²) in [5, 5.41) is 5.28. The molecular weight excluding hydrogens is 374 g/mol. The molecule has 1 saturated heterocycles. The molecule has 1 heterocycles. The van der Waals surface area contributed by atoms with Crippen LogP contribution in [0.4, 0.5) is 10.5 Å². The molecule has 29 heavy (non-hydrogen) atoms. The van der Waals surface area contributed by atoms with Gasteiger partial charge in [-0.3, -0.25) is 19.3 Å². The predicted molar refractivity (Wildman–Crippen MR) is 108 cm³/mol. The minimum atomic E-state index is -0.978. The Morgan fingerprint density at radius 1 is 1.10 bits per heavy atom. The van der Waals surface area contributed by atoms with E-state index >= 15 is 0 Å². The van der Waals surface area contributed by atoms with E-state index in [9.17, 15) is 19.2 Å². The van der Waals surface area contributed by atoms with Crippen molar-refractivity contribution in [2.24, 2.45) is 0 Å². The highest BCUT2D eigenvalue weighted by atomic mass is 16.5. The Morgan fingerprint density at radius 3 is 2.17 bits per heavy atom. The number of ether oxygens (including phenoxy) is 1. The topological polar surface area (TPSA) is 105 Å². The zero-order valence-corrected chi connectivity index (χ0v) is 17.6. The van der Waals surface area contributed by atoms with Crippen LogP contribution in [-0.4, -0.2) is 47.4 Å². The molecule has 8 heteroatoms. The van der Waals surface area contributed by atoms with Gasteiger partial charge in [-0.05, 0) is 36.0 Å². The van der Waals surface area contributed by atoms with Gasteiger partial charge in [-0.15, -0.1) is 0 Å². The molecule has 0 aromatic heterocycles. The van der Waals surface area contributed by atoms with Gasteiger partial charge in [-0.2, -0.15) is 0 Å². The standard InChI is InChI=1S/C21H29N3O5/c1-6-21(7-2)18(27)24(19(28)23-21)12-17(26)29-13-16(25)22-15-10-8-14(9-11-15)20(3,4)5/h8-11H,6-7,12-13H2,1-5H3,(H,22,25)(H,23,28). The fourth-order valence-electron chi connectivity index (χ4n) is 3.12. The van der Waals surface area contributed by atoms with Gasteiger partial charge in [0.05, 0.1) is 0 Å². The van der Waals surface area contributed by atoms with E-state index in [0.717, 1.165) is 10.5 Å². The molecule has 1 aliphatic rings. The van der Waals surface area contributed by atoms with E-state index in [4.69, 9.17) is 4.74 Å². The highest BCUT2D eigenvalue weighted by Crippen LogP contribution is 2.25. The van der Waals surface area contributed by atoms with Crippen molar-refractivity contribution in [3.8, 4) is 0 Å². The Labute approximate surface area is 171 Å². The Kier molecular flexibility index (Phi) is 6.66. The highest BCUT2D eigenvalue weighted by Gasteiger charge is 2.49. The number of hydrogen-bond acceptors (Lipinski definition) is 5. The molecule has 1 fully saturated rings. The minimum Gasteiger partial charge on any atom is -0.454 e. The van der Waals surface area contributed by atoms with E-state index in [1.807, 2.05) is 12.1 Å². The molecule has 1 aromatic carbocycles. The summed E-state index contributed by atoms with van der Waals surface area (Å²) in [6.45, 7) is 8.84. The number of urea groups is 1. The summed E-state index contributed by atoms with van der Waals surface area (Å²) >= 11 is 0. The van der Waals surface area contributed by atoms with Crippen LogP contribution < -0.4 is 10.6 Å². The van der Waals surface area contributed by atoms with E-state index in [-0.39, 0.29) is 5.41 Å². The lowest BCUT2D eigenvalue weighted by Gasteiger charge is -2.22. The second-order valence-corrected chi connectivity index (χ2v) is 8.15. The summed E-state index contributed by atoms with van der Waals surface area (Å²) in [6, 6.07) is 6.78. The van der Waals surface area contributed by atoms with Gasteiger partial charge in [0.15, 0.2) is 6.61 Å². The van der Waals surface area contributed by atoms with E-state index in [0.29, 0.717) is 18.5 Å². The van der Waals surface area contributed by atoms with Crippen LogP contribution in [0.1, 0.15) is 53.0 Å². The molecule has 2 rings (SSSR count). The van der Waals surface area contributed by atoms with E-state index < -0.39 is 42.5 Å². The number of carbonyl (C=O) groups excluding carboxylic acids is 4. The molecule has 0 spiro atoms. The maximum Gasteiger partial charge on any atom is 0.326 e. The Morgan fingerprint density at radius 2 is 1.69 bits per heavy atom. The van der Waals surface area contributed by atoms with Crippen LogP contribution in [0, 0.1) is 0 Å². The SMILES string of the molecule is CCC1(CC)NC(=O)N(CC(=O)OCC(=O)Nc2ccc(C(C)(C)C)cc2)C1=O. The maximum atomic E-state index is 12.5. The summed E-state index contributed by atoms with van der Waals surface area (Å²) in [7, 11) is 0. The van der Waals surface area contributed by atoms with Gasteiger partial charge < -0.3 is 15.4 Å². The van der Waals surface area contributed by atoms with Crippen molar-refractivity contribution in [1.82, 2.24) is 10.2 Å². The van der Waals surface area contributed by atoms with Crippen molar-refractivity contribution in [2.45, 2.75) is 58.4 Å². The summed E-state index contributed by atoms with van der Waals surface area (Å²) in [6.07, 6.45) is 0.853. The second-order valence-electron chi connectivity index (χ2n) is 8.15. The molecule has 0 saturated carbocycles. The van der Waals surface area contributed by atoms with Crippen molar-refractivity contribution >= 4 is 29.5 Å².